The first-order valence-electron chi connectivity index (χ1n) is 7.22. The number of fused-ring (bicyclic) bond motifs is 1. The largest absolute Gasteiger partial charge is 0.454 e. The molecule has 0 bridgehead atoms. The van der Waals surface area contributed by atoms with Gasteiger partial charge in [0.15, 0.2) is 23.0 Å². The van der Waals surface area contributed by atoms with Gasteiger partial charge in [0.2, 0.25) is 6.79 Å². The third-order valence-electron chi connectivity index (χ3n) is 3.76. The number of rotatable bonds is 4. The van der Waals surface area contributed by atoms with Crippen molar-refractivity contribution in [3.63, 3.8) is 0 Å². The second-order valence-electron chi connectivity index (χ2n) is 5.65. The first-order chi connectivity index (χ1) is 10.5. The molecular formula is C16H18N2O4. The van der Waals surface area contributed by atoms with Gasteiger partial charge in [-0.05, 0) is 31.0 Å². The Bertz CT molecular complexity index is 693. The lowest BCUT2D eigenvalue weighted by Crippen LogP contribution is -2.36. The molecule has 0 spiro atoms. The molecule has 0 saturated heterocycles. The monoisotopic (exact) mass is 302 g/mol. The van der Waals surface area contributed by atoms with Gasteiger partial charge in [0.05, 0.1) is 0 Å². The maximum absolute atomic E-state index is 12.1. The second kappa shape index (κ2) is 5.71. The molecule has 116 valence electrons. The standard InChI is InChI=1S/C16H18N2O4/c1-9(2)10(3)17-16(19)12-7-14(22-18-12)11-4-5-13-15(6-11)21-8-20-13/h4-7,9-10H,8H2,1-3H3,(H,17,19)/t10-/m0/s1. The molecule has 0 unspecified atom stereocenters. The summed E-state index contributed by atoms with van der Waals surface area (Å²) in [5, 5.41) is 6.74. The number of carbonyl (C=O) groups is 1. The van der Waals surface area contributed by atoms with E-state index in [-0.39, 0.29) is 24.4 Å². The maximum Gasteiger partial charge on any atom is 0.273 e. The summed E-state index contributed by atoms with van der Waals surface area (Å²) in [7, 11) is 0. The van der Waals surface area contributed by atoms with Crippen molar-refractivity contribution < 1.29 is 18.8 Å². The van der Waals surface area contributed by atoms with Crippen LogP contribution in [0.1, 0.15) is 31.3 Å². The molecule has 0 radical (unpaired) electrons. The number of hydrogen-bond donors (Lipinski definition) is 1. The van der Waals surface area contributed by atoms with Gasteiger partial charge in [0, 0.05) is 17.7 Å². The van der Waals surface area contributed by atoms with Crippen LogP contribution in [0.4, 0.5) is 0 Å². The Labute approximate surface area is 128 Å². The summed E-state index contributed by atoms with van der Waals surface area (Å²) in [6, 6.07) is 7.15. The third-order valence-corrected chi connectivity index (χ3v) is 3.76. The summed E-state index contributed by atoms with van der Waals surface area (Å²) in [5.74, 6) is 1.99. The Balaban J connectivity index is 1.77. The molecule has 1 atom stereocenters. The lowest BCUT2D eigenvalue weighted by molar-refractivity contribution is 0.0921. The molecule has 3 rings (SSSR count). The molecule has 0 aliphatic carbocycles. The smallest absolute Gasteiger partial charge is 0.273 e. The van der Waals surface area contributed by atoms with Gasteiger partial charge in [-0.25, -0.2) is 0 Å². The number of nitrogens with one attached hydrogen (secondary N) is 1. The van der Waals surface area contributed by atoms with Gasteiger partial charge in [-0.15, -0.1) is 0 Å². The Hall–Kier alpha value is -2.50. The van der Waals surface area contributed by atoms with Gasteiger partial charge in [0.1, 0.15) is 0 Å². The van der Waals surface area contributed by atoms with Gasteiger partial charge in [-0.3, -0.25) is 4.79 Å². The summed E-state index contributed by atoms with van der Waals surface area (Å²) in [6.07, 6.45) is 0. The molecule has 1 aliphatic rings. The number of aromatic nitrogens is 1. The van der Waals surface area contributed by atoms with E-state index in [1.54, 1.807) is 18.2 Å². The number of amides is 1. The highest BCUT2D eigenvalue weighted by molar-refractivity contribution is 5.93. The SMILES string of the molecule is CC(C)[C@H](C)NC(=O)c1cc(-c2ccc3c(c2)OCO3)on1. The van der Waals surface area contributed by atoms with Crippen LogP contribution in [0.25, 0.3) is 11.3 Å². The van der Waals surface area contributed by atoms with E-state index >= 15 is 0 Å². The van der Waals surface area contributed by atoms with Crippen LogP contribution < -0.4 is 14.8 Å². The number of ether oxygens (including phenoxy) is 2. The van der Waals surface area contributed by atoms with E-state index in [4.69, 9.17) is 14.0 Å². The van der Waals surface area contributed by atoms with E-state index < -0.39 is 0 Å². The number of hydrogen-bond acceptors (Lipinski definition) is 5. The average molecular weight is 302 g/mol. The zero-order chi connectivity index (χ0) is 15.7. The average Bonchev–Trinajstić information content (AvgIpc) is 3.15. The second-order valence-corrected chi connectivity index (χ2v) is 5.65. The van der Waals surface area contributed by atoms with E-state index in [1.807, 2.05) is 26.8 Å². The summed E-state index contributed by atoms with van der Waals surface area (Å²) in [6.45, 7) is 6.27. The first-order valence-corrected chi connectivity index (χ1v) is 7.22. The topological polar surface area (TPSA) is 73.6 Å². The van der Waals surface area contributed by atoms with Gasteiger partial charge in [0.25, 0.3) is 5.91 Å². The lowest BCUT2D eigenvalue weighted by atomic mass is 10.1. The van der Waals surface area contributed by atoms with E-state index in [0.717, 1.165) is 5.56 Å². The van der Waals surface area contributed by atoms with Crippen LogP contribution in [-0.4, -0.2) is 23.9 Å². The molecule has 0 fully saturated rings. The molecule has 22 heavy (non-hydrogen) atoms. The molecule has 2 aromatic rings. The zero-order valence-corrected chi connectivity index (χ0v) is 12.8. The molecule has 1 N–H and O–H groups in total. The Morgan fingerprint density at radius 2 is 1.95 bits per heavy atom. The minimum atomic E-state index is -0.239. The summed E-state index contributed by atoms with van der Waals surface area (Å²) >= 11 is 0. The molecule has 1 aliphatic heterocycles. The molecular weight excluding hydrogens is 284 g/mol. The van der Waals surface area contributed by atoms with E-state index in [1.165, 1.54) is 0 Å². The van der Waals surface area contributed by atoms with Crippen molar-refractivity contribution in [2.24, 2.45) is 5.92 Å². The van der Waals surface area contributed by atoms with Gasteiger partial charge in [-0.2, -0.15) is 0 Å². The fourth-order valence-electron chi connectivity index (χ4n) is 2.02. The van der Waals surface area contributed by atoms with Gasteiger partial charge in [-0.1, -0.05) is 19.0 Å². The van der Waals surface area contributed by atoms with Crippen LogP contribution in [-0.2, 0) is 0 Å². The number of carbonyl (C=O) groups excluding carboxylic acids is 1. The van der Waals surface area contributed by atoms with Crippen molar-refractivity contribution in [3.05, 3.63) is 30.0 Å². The molecule has 1 aromatic heterocycles. The molecule has 1 aromatic carbocycles. The molecule has 1 amide bonds. The van der Waals surface area contributed by atoms with Crippen molar-refractivity contribution in [1.29, 1.82) is 0 Å². The normalized spacial score (nSPS) is 14.2. The van der Waals surface area contributed by atoms with Gasteiger partial charge < -0.3 is 19.3 Å². The van der Waals surface area contributed by atoms with Crippen molar-refractivity contribution >= 4 is 5.91 Å². The van der Waals surface area contributed by atoms with Crippen molar-refractivity contribution in [1.82, 2.24) is 10.5 Å². The molecule has 6 heteroatoms. The zero-order valence-electron chi connectivity index (χ0n) is 12.8. The summed E-state index contributed by atoms with van der Waals surface area (Å²) in [4.78, 5) is 12.1. The third kappa shape index (κ3) is 2.77. The fraction of sp³-hybridized carbons (Fsp3) is 0.375. The highest BCUT2D eigenvalue weighted by Crippen LogP contribution is 2.35. The van der Waals surface area contributed by atoms with Crippen LogP contribution in [0.15, 0.2) is 28.8 Å². The van der Waals surface area contributed by atoms with E-state index in [2.05, 4.69) is 10.5 Å². The Morgan fingerprint density at radius 3 is 2.73 bits per heavy atom. The van der Waals surface area contributed by atoms with Crippen molar-refractivity contribution in [3.8, 4) is 22.8 Å². The molecule has 2 heterocycles. The Kier molecular flexibility index (Phi) is 3.75. The summed E-state index contributed by atoms with van der Waals surface area (Å²) in [5.41, 5.74) is 1.05. The van der Waals surface area contributed by atoms with Crippen LogP contribution in [0, 0.1) is 5.92 Å². The summed E-state index contributed by atoms with van der Waals surface area (Å²) < 4.78 is 15.9. The van der Waals surface area contributed by atoms with Crippen molar-refractivity contribution in [2.45, 2.75) is 26.8 Å². The minimum absolute atomic E-state index is 0.0678. The first kappa shape index (κ1) is 14.4. The minimum Gasteiger partial charge on any atom is -0.454 e. The predicted octanol–water partition coefficient (Wildman–Crippen LogP) is 2.84. The fourth-order valence-corrected chi connectivity index (χ4v) is 2.02. The lowest BCUT2D eigenvalue weighted by Gasteiger charge is -2.16. The molecule has 6 nitrogen and oxygen atoms in total. The van der Waals surface area contributed by atoms with Crippen LogP contribution in [0.3, 0.4) is 0 Å². The number of nitrogens with zero attached hydrogens (tertiary/aromatic N) is 1. The highest BCUT2D eigenvalue weighted by atomic mass is 16.7. The quantitative estimate of drug-likeness (QED) is 0.940. The van der Waals surface area contributed by atoms with Gasteiger partial charge >= 0.3 is 0 Å². The predicted molar refractivity (Wildman–Crippen MR) is 79.8 cm³/mol. The number of benzene rings is 1. The van der Waals surface area contributed by atoms with E-state index in [9.17, 15) is 4.79 Å². The van der Waals surface area contributed by atoms with Crippen LogP contribution in [0.2, 0.25) is 0 Å². The van der Waals surface area contributed by atoms with Crippen LogP contribution >= 0.6 is 0 Å². The van der Waals surface area contributed by atoms with E-state index in [0.29, 0.717) is 23.2 Å². The van der Waals surface area contributed by atoms with Crippen LogP contribution in [0.5, 0.6) is 11.5 Å². The molecule has 0 saturated carbocycles. The highest BCUT2D eigenvalue weighted by Gasteiger charge is 2.19. The maximum atomic E-state index is 12.1. The van der Waals surface area contributed by atoms with Crippen molar-refractivity contribution in [2.75, 3.05) is 6.79 Å². The Morgan fingerprint density at radius 1 is 1.18 bits per heavy atom.